The van der Waals surface area contributed by atoms with Crippen LogP contribution in [0.25, 0.3) is 0 Å². The Morgan fingerprint density at radius 1 is 1.00 bits per heavy atom. The van der Waals surface area contributed by atoms with Crippen LogP contribution in [0.2, 0.25) is 5.02 Å². The van der Waals surface area contributed by atoms with Crippen LogP contribution in [0.5, 0.6) is 0 Å². The summed E-state index contributed by atoms with van der Waals surface area (Å²) in [5.41, 5.74) is -0.907. The third kappa shape index (κ3) is 7.91. The molecule has 0 aromatic heterocycles. The van der Waals surface area contributed by atoms with E-state index in [1.54, 1.807) is 24.3 Å². The van der Waals surface area contributed by atoms with E-state index in [1.807, 2.05) is 20.8 Å². The third-order valence-corrected chi connectivity index (χ3v) is 4.97. The van der Waals surface area contributed by atoms with Crippen molar-refractivity contribution in [1.82, 2.24) is 0 Å². The molecule has 0 spiro atoms. The molecule has 0 unspecified atom stereocenters. The number of anilines is 2. The molecular formula is C21H22ClF3N2O2S. The predicted molar refractivity (Wildman–Crippen MR) is 115 cm³/mol. The van der Waals surface area contributed by atoms with Crippen LogP contribution in [0.1, 0.15) is 32.8 Å². The first-order valence-corrected chi connectivity index (χ1v) is 10.4. The van der Waals surface area contributed by atoms with Gasteiger partial charge in [0.25, 0.3) is 0 Å². The molecule has 30 heavy (non-hydrogen) atoms. The summed E-state index contributed by atoms with van der Waals surface area (Å²) < 4.78 is 39.4. The van der Waals surface area contributed by atoms with Crippen molar-refractivity contribution in [3.8, 4) is 0 Å². The van der Waals surface area contributed by atoms with Crippen molar-refractivity contribution in [3.05, 3.63) is 53.1 Å². The minimum absolute atomic E-state index is 0.0694. The summed E-state index contributed by atoms with van der Waals surface area (Å²) in [6.07, 6.45) is -4.28. The van der Waals surface area contributed by atoms with Crippen molar-refractivity contribution in [2.75, 3.05) is 16.4 Å². The Balaban J connectivity index is 1.98. The number of amides is 2. The van der Waals surface area contributed by atoms with Gasteiger partial charge < -0.3 is 10.6 Å². The van der Waals surface area contributed by atoms with Crippen LogP contribution in [-0.2, 0) is 15.8 Å². The summed E-state index contributed by atoms with van der Waals surface area (Å²) in [6.45, 7) is 5.88. The van der Waals surface area contributed by atoms with Gasteiger partial charge >= 0.3 is 6.18 Å². The van der Waals surface area contributed by atoms with E-state index < -0.39 is 17.6 Å². The highest BCUT2D eigenvalue weighted by molar-refractivity contribution is 8.00. The second-order valence-electron chi connectivity index (χ2n) is 7.84. The summed E-state index contributed by atoms with van der Waals surface area (Å²) in [4.78, 5) is 24.9. The minimum Gasteiger partial charge on any atom is -0.326 e. The molecule has 0 fully saturated rings. The summed E-state index contributed by atoms with van der Waals surface area (Å²) in [7, 11) is 0. The topological polar surface area (TPSA) is 58.2 Å². The molecule has 0 aliphatic carbocycles. The first-order chi connectivity index (χ1) is 13.8. The Morgan fingerprint density at radius 2 is 1.70 bits per heavy atom. The van der Waals surface area contributed by atoms with Gasteiger partial charge in [-0.25, -0.2) is 0 Å². The van der Waals surface area contributed by atoms with Crippen molar-refractivity contribution in [2.24, 2.45) is 5.41 Å². The zero-order valence-corrected chi connectivity index (χ0v) is 18.3. The zero-order chi connectivity index (χ0) is 22.5. The van der Waals surface area contributed by atoms with E-state index >= 15 is 0 Å². The van der Waals surface area contributed by atoms with Gasteiger partial charge in [0, 0.05) is 22.0 Å². The van der Waals surface area contributed by atoms with E-state index in [-0.39, 0.29) is 27.8 Å². The van der Waals surface area contributed by atoms with Gasteiger partial charge in [-0.3, -0.25) is 9.59 Å². The van der Waals surface area contributed by atoms with Crippen molar-refractivity contribution < 1.29 is 22.8 Å². The van der Waals surface area contributed by atoms with Crippen LogP contribution in [0, 0.1) is 5.41 Å². The number of carbonyl (C=O) groups excluding carboxylic acids is 2. The number of thioether (sulfide) groups is 1. The van der Waals surface area contributed by atoms with Crippen LogP contribution in [0.4, 0.5) is 24.5 Å². The van der Waals surface area contributed by atoms with Gasteiger partial charge in [-0.15, -0.1) is 11.8 Å². The minimum atomic E-state index is -4.64. The SMILES string of the molecule is CC(C)(C)CC(=O)Nc1cccc(SCC(=O)Nc2ccc(Cl)cc2C(F)(F)F)c1. The molecule has 4 nitrogen and oxygen atoms in total. The number of hydrogen-bond donors (Lipinski definition) is 2. The molecule has 2 N–H and O–H groups in total. The Bertz CT molecular complexity index is 927. The summed E-state index contributed by atoms with van der Waals surface area (Å²) in [5, 5.41) is 5.01. The maximum absolute atomic E-state index is 13.1. The fourth-order valence-corrected chi connectivity index (χ4v) is 3.47. The summed E-state index contributed by atoms with van der Waals surface area (Å²) in [5.74, 6) is -0.806. The van der Waals surface area contributed by atoms with Crippen molar-refractivity contribution in [1.29, 1.82) is 0 Å². The van der Waals surface area contributed by atoms with E-state index in [1.165, 1.54) is 6.07 Å². The van der Waals surface area contributed by atoms with Gasteiger partial charge in [0.1, 0.15) is 0 Å². The number of benzene rings is 2. The molecule has 0 saturated carbocycles. The molecule has 0 aliphatic heterocycles. The van der Waals surface area contributed by atoms with Crippen LogP contribution in [0.3, 0.4) is 0 Å². The predicted octanol–water partition coefficient (Wildman–Crippen LogP) is 6.46. The highest BCUT2D eigenvalue weighted by Gasteiger charge is 2.34. The maximum atomic E-state index is 13.1. The van der Waals surface area contributed by atoms with Gasteiger partial charge in [-0.1, -0.05) is 38.4 Å². The summed E-state index contributed by atoms with van der Waals surface area (Å²) >= 11 is 6.79. The maximum Gasteiger partial charge on any atom is 0.418 e. The Labute approximate surface area is 182 Å². The molecule has 2 aromatic rings. The lowest BCUT2D eigenvalue weighted by molar-refractivity contribution is -0.137. The number of halogens is 4. The van der Waals surface area contributed by atoms with Crippen LogP contribution in [-0.4, -0.2) is 17.6 Å². The quantitative estimate of drug-likeness (QED) is 0.488. The number of carbonyl (C=O) groups is 2. The average molecular weight is 459 g/mol. The molecule has 9 heteroatoms. The lowest BCUT2D eigenvalue weighted by Crippen LogP contribution is -2.19. The molecule has 0 heterocycles. The largest absolute Gasteiger partial charge is 0.418 e. The number of alkyl halides is 3. The molecule has 2 aromatic carbocycles. The lowest BCUT2D eigenvalue weighted by atomic mass is 9.92. The van der Waals surface area contributed by atoms with E-state index in [9.17, 15) is 22.8 Å². The van der Waals surface area contributed by atoms with Gasteiger partial charge in [0.05, 0.1) is 17.0 Å². The van der Waals surface area contributed by atoms with E-state index in [4.69, 9.17) is 11.6 Å². The van der Waals surface area contributed by atoms with Crippen molar-refractivity contribution in [3.63, 3.8) is 0 Å². The molecule has 2 rings (SSSR count). The van der Waals surface area contributed by atoms with Crippen LogP contribution in [0.15, 0.2) is 47.4 Å². The molecule has 0 aliphatic rings. The molecule has 0 atom stereocenters. The fraction of sp³-hybridized carbons (Fsp3) is 0.333. The van der Waals surface area contributed by atoms with Gasteiger partial charge in [0.15, 0.2) is 0 Å². The standard InChI is InChI=1S/C21H22ClF3N2O2S/c1-20(2,3)11-18(28)26-14-5-4-6-15(10-14)30-12-19(29)27-17-8-7-13(22)9-16(17)21(23,24)25/h4-10H,11-12H2,1-3H3,(H,26,28)(H,27,29). The highest BCUT2D eigenvalue weighted by atomic mass is 35.5. The molecular weight excluding hydrogens is 437 g/mol. The van der Waals surface area contributed by atoms with Crippen LogP contribution < -0.4 is 10.6 Å². The Morgan fingerprint density at radius 3 is 2.33 bits per heavy atom. The first-order valence-electron chi connectivity index (χ1n) is 9.03. The molecule has 0 radical (unpaired) electrons. The third-order valence-electron chi connectivity index (χ3n) is 3.74. The molecule has 0 bridgehead atoms. The number of hydrogen-bond acceptors (Lipinski definition) is 3. The van der Waals surface area contributed by atoms with Crippen molar-refractivity contribution in [2.45, 2.75) is 38.3 Å². The smallest absolute Gasteiger partial charge is 0.326 e. The van der Waals surface area contributed by atoms with Gasteiger partial charge in [-0.05, 0) is 41.8 Å². The van der Waals surface area contributed by atoms with E-state index in [2.05, 4.69) is 10.6 Å². The second kappa shape index (κ2) is 9.75. The monoisotopic (exact) mass is 458 g/mol. The zero-order valence-electron chi connectivity index (χ0n) is 16.7. The summed E-state index contributed by atoms with van der Waals surface area (Å²) in [6, 6.07) is 10.1. The Hall–Kier alpha value is -2.19. The second-order valence-corrected chi connectivity index (χ2v) is 9.32. The van der Waals surface area contributed by atoms with Crippen molar-refractivity contribution >= 4 is 46.6 Å². The fourth-order valence-electron chi connectivity index (χ4n) is 2.55. The number of nitrogens with one attached hydrogen (secondary N) is 2. The van der Waals surface area contributed by atoms with Crippen LogP contribution >= 0.6 is 23.4 Å². The average Bonchev–Trinajstić information content (AvgIpc) is 2.59. The van der Waals surface area contributed by atoms with Gasteiger partial charge in [0.2, 0.25) is 11.8 Å². The molecule has 2 amide bonds. The Kier molecular flexibility index (Phi) is 7.82. The highest BCUT2D eigenvalue weighted by Crippen LogP contribution is 2.36. The van der Waals surface area contributed by atoms with E-state index in [0.29, 0.717) is 17.0 Å². The van der Waals surface area contributed by atoms with E-state index in [0.717, 1.165) is 23.9 Å². The normalized spacial score (nSPS) is 11.8. The lowest BCUT2D eigenvalue weighted by Gasteiger charge is -2.17. The first kappa shape index (κ1) is 24.1. The molecule has 0 saturated heterocycles. The molecule has 162 valence electrons. The number of rotatable bonds is 6. The van der Waals surface area contributed by atoms with Gasteiger partial charge in [-0.2, -0.15) is 13.2 Å².